The van der Waals surface area contributed by atoms with E-state index in [-0.39, 0.29) is 17.8 Å². The summed E-state index contributed by atoms with van der Waals surface area (Å²) >= 11 is 2.99. The number of hydrogen-bond donors (Lipinski definition) is 0. The molecule has 1 atom stereocenters. The minimum Gasteiger partial charge on any atom is -0.338 e. The van der Waals surface area contributed by atoms with Gasteiger partial charge in [-0.3, -0.25) is 4.79 Å². The standard InChI is InChI=1S/C17H16FN3OS2/c1-11(12-3-5-13(18)6-4-12)21(2)15(22)9-24-17-16-14(7-8-23-16)19-10-20-17/h3-8,10-11H,9H2,1-2H3/t11-/m0/s1. The number of benzene rings is 1. The van der Waals surface area contributed by atoms with Crippen LogP contribution >= 0.6 is 23.1 Å². The van der Waals surface area contributed by atoms with Crippen molar-refractivity contribution in [2.24, 2.45) is 0 Å². The second kappa shape index (κ2) is 7.27. The number of halogens is 1. The molecule has 0 saturated carbocycles. The molecular weight excluding hydrogens is 345 g/mol. The summed E-state index contributed by atoms with van der Waals surface area (Å²) in [4.78, 5) is 22.6. The first-order valence-corrected chi connectivity index (χ1v) is 9.25. The Balaban J connectivity index is 1.66. The van der Waals surface area contributed by atoms with Crippen LogP contribution in [0, 0.1) is 5.82 Å². The molecule has 0 radical (unpaired) electrons. The molecule has 2 aromatic heterocycles. The highest BCUT2D eigenvalue weighted by atomic mass is 32.2. The van der Waals surface area contributed by atoms with Crippen LogP contribution < -0.4 is 0 Å². The van der Waals surface area contributed by atoms with Crippen LogP contribution in [0.25, 0.3) is 10.2 Å². The first-order chi connectivity index (χ1) is 11.6. The lowest BCUT2D eigenvalue weighted by Crippen LogP contribution is -2.31. The minimum atomic E-state index is -0.279. The second-order valence-electron chi connectivity index (χ2n) is 5.33. The van der Waals surface area contributed by atoms with E-state index in [0.717, 1.165) is 20.8 Å². The summed E-state index contributed by atoms with van der Waals surface area (Å²) in [6.45, 7) is 1.93. The lowest BCUT2D eigenvalue weighted by Gasteiger charge is -2.25. The van der Waals surface area contributed by atoms with E-state index in [1.807, 2.05) is 18.4 Å². The molecular formula is C17H16FN3OS2. The summed E-state index contributed by atoms with van der Waals surface area (Å²) < 4.78 is 14.0. The number of carbonyl (C=O) groups is 1. The Morgan fingerprint density at radius 2 is 2.04 bits per heavy atom. The fraction of sp³-hybridized carbons (Fsp3) is 0.235. The van der Waals surface area contributed by atoms with E-state index in [1.165, 1.54) is 30.2 Å². The summed E-state index contributed by atoms with van der Waals surface area (Å²) in [6.07, 6.45) is 1.52. The molecule has 0 bridgehead atoms. The normalized spacial score (nSPS) is 12.3. The van der Waals surface area contributed by atoms with Gasteiger partial charge in [-0.2, -0.15) is 0 Å². The third-order valence-corrected chi connectivity index (χ3v) is 5.88. The molecule has 2 heterocycles. The zero-order chi connectivity index (χ0) is 17.1. The Kier molecular flexibility index (Phi) is 5.11. The van der Waals surface area contributed by atoms with Gasteiger partial charge in [-0.25, -0.2) is 14.4 Å². The first-order valence-electron chi connectivity index (χ1n) is 7.38. The van der Waals surface area contributed by atoms with Crippen LogP contribution in [0.4, 0.5) is 4.39 Å². The van der Waals surface area contributed by atoms with E-state index in [1.54, 1.807) is 35.4 Å². The van der Waals surface area contributed by atoms with Crippen LogP contribution in [0.1, 0.15) is 18.5 Å². The highest BCUT2D eigenvalue weighted by Gasteiger charge is 2.18. The van der Waals surface area contributed by atoms with E-state index in [2.05, 4.69) is 9.97 Å². The van der Waals surface area contributed by atoms with Crippen molar-refractivity contribution in [1.82, 2.24) is 14.9 Å². The third-order valence-electron chi connectivity index (χ3n) is 3.87. The number of thiophene rings is 1. The molecule has 1 aromatic carbocycles. The smallest absolute Gasteiger partial charge is 0.233 e. The summed E-state index contributed by atoms with van der Waals surface area (Å²) in [5, 5.41) is 2.79. The van der Waals surface area contributed by atoms with Gasteiger partial charge in [0.25, 0.3) is 0 Å². The van der Waals surface area contributed by atoms with Crippen molar-refractivity contribution in [3.8, 4) is 0 Å². The molecule has 124 valence electrons. The number of rotatable bonds is 5. The number of nitrogens with zero attached hydrogens (tertiary/aromatic N) is 3. The number of hydrogen-bond acceptors (Lipinski definition) is 5. The van der Waals surface area contributed by atoms with Crippen molar-refractivity contribution in [2.75, 3.05) is 12.8 Å². The van der Waals surface area contributed by atoms with E-state index < -0.39 is 0 Å². The average molecular weight is 361 g/mol. The molecule has 4 nitrogen and oxygen atoms in total. The van der Waals surface area contributed by atoms with Crippen LogP contribution in [0.3, 0.4) is 0 Å². The molecule has 0 spiro atoms. The molecule has 0 aliphatic carbocycles. The predicted molar refractivity (Wildman–Crippen MR) is 95.7 cm³/mol. The van der Waals surface area contributed by atoms with Crippen LogP contribution in [-0.2, 0) is 4.79 Å². The van der Waals surface area contributed by atoms with Crippen molar-refractivity contribution < 1.29 is 9.18 Å². The first kappa shape index (κ1) is 16.9. The molecule has 7 heteroatoms. The average Bonchev–Trinajstić information content (AvgIpc) is 3.08. The van der Waals surface area contributed by atoms with Crippen molar-refractivity contribution in [3.05, 3.63) is 53.4 Å². The monoisotopic (exact) mass is 361 g/mol. The van der Waals surface area contributed by atoms with Gasteiger partial charge in [-0.15, -0.1) is 11.3 Å². The largest absolute Gasteiger partial charge is 0.338 e. The van der Waals surface area contributed by atoms with E-state index in [9.17, 15) is 9.18 Å². The van der Waals surface area contributed by atoms with Gasteiger partial charge >= 0.3 is 0 Å². The van der Waals surface area contributed by atoms with Crippen molar-refractivity contribution in [3.63, 3.8) is 0 Å². The lowest BCUT2D eigenvalue weighted by molar-refractivity contribution is -0.128. The fourth-order valence-corrected chi connectivity index (χ4v) is 4.15. The van der Waals surface area contributed by atoms with E-state index >= 15 is 0 Å². The molecule has 0 unspecified atom stereocenters. The summed E-state index contributed by atoms with van der Waals surface area (Å²) in [5.41, 5.74) is 1.80. The van der Waals surface area contributed by atoms with Crippen molar-refractivity contribution in [1.29, 1.82) is 0 Å². The molecule has 24 heavy (non-hydrogen) atoms. The molecule has 3 aromatic rings. The number of fused-ring (bicyclic) bond motifs is 1. The Morgan fingerprint density at radius 1 is 1.29 bits per heavy atom. The van der Waals surface area contributed by atoms with Gasteiger partial charge in [0.2, 0.25) is 5.91 Å². The number of carbonyl (C=O) groups excluding carboxylic acids is 1. The molecule has 1 amide bonds. The van der Waals surface area contributed by atoms with Crippen molar-refractivity contribution >= 4 is 39.2 Å². The molecule has 0 aliphatic heterocycles. The topological polar surface area (TPSA) is 46.1 Å². The highest BCUT2D eigenvalue weighted by molar-refractivity contribution is 8.00. The maximum Gasteiger partial charge on any atom is 0.233 e. The van der Waals surface area contributed by atoms with Gasteiger partial charge in [0, 0.05) is 7.05 Å². The van der Waals surface area contributed by atoms with E-state index in [0.29, 0.717) is 5.75 Å². The van der Waals surface area contributed by atoms with Crippen LogP contribution in [0.15, 0.2) is 47.1 Å². The maximum atomic E-state index is 13.0. The van der Waals surface area contributed by atoms with Crippen LogP contribution in [-0.4, -0.2) is 33.6 Å². The molecule has 0 fully saturated rings. The fourth-order valence-electron chi connectivity index (χ4n) is 2.28. The highest BCUT2D eigenvalue weighted by Crippen LogP contribution is 2.29. The van der Waals surface area contributed by atoms with E-state index in [4.69, 9.17) is 0 Å². The van der Waals surface area contributed by atoms with Crippen LogP contribution in [0.2, 0.25) is 0 Å². The van der Waals surface area contributed by atoms with Crippen molar-refractivity contribution in [2.45, 2.75) is 18.0 Å². The maximum absolute atomic E-state index is 13.0. The van der Waals surface area contributed by atoms with Gasteiger partial charge < -0.3 is 4.90 Å². The Bertz CT molecular complexity index is 850. The summed E-state index contributed by atoms with van der Waals surface area (Å²) in [7, 11) is 1.76. The third kappa shape index (κ3) is 3.57. The van der Waals surface area contributed by atoms with Gasteiger partial charge in [-0.1, -0.05) is 23.9 Å². The summed E-state index contributed by atoms with van der Waals surface area (Å²) in [5.74, 6) is 0.0193. The molecule has 0 aliphatic rings. The minimum absolute atomic E-state index is 0.000133. The molecule has 3 rings (SSSR count). The predicted octanol–water partition coefficient (Wildman–Crippen LogP) is 4.14. The number of aromatic nitrogens is 2. The zero-order valence-corrected chi connectivity index (χ0v) is 14.9. The Hall–Kier alpha value is -1.99. The van der Waals surface area contributed by atoms with Gasteiger partial charge in [0.05, 0.1) is 22.0 Å². The Morgan fingerprint density at radius 3 is 2.79 bits per heavy atom. The zero-order valence-electron chi connectivity index (χ0n) is 13.3. The van der Waals surface area contributed by atoms with Gasteiger partial charge in [0.15, 0.2) is 0 Å². The molecule has 0 N–H and O–H groups in total. The second-order valence-corrected chi connectivity index (χ2v) is 7.21. The Labute approximate surface area is 147 Å². The SMILES string of the molecule is C[C@@H](c1ccc(F)cc1)N(C)C(=O)CSc1ncnc2ccsc12. The lowest BCUT2D eigenvalue weighted by atomic mass is 10.1. The summed E-state index contributed by atoms with van der Waals surface area (Å²) in [6, 6.07) is 8.05. The molecule has 0 saturated heterocycles. The number of thioether (sulfide) groups is 1. The van der Waals surface area contributed by atoms with Gasteiger partial charge in [-0.05, 0) is 36.1 Å². The quantitative estimate of drug-likeness (QED) is 0.506. The van der Waals surface area contributed by atoms with Gasteiger partial charge in [0.1, 0.15) is 17.2 Å². The van der Waals surface area contributed by atoms with Crippen LogP contribution in [0.5, 0.6) is 0 Å². The number of amides is 1.